The zero-order valence-electron chi connectivity index (χ0n) is 9.49. The van der Waals surface area contributed by atoms with Gasteiger partial charge in [0, 0.05) is 19.2 Å². The lowest BCUT2D eigenvalue weighted by Gasteiger charge is -2.22. The molecule has 0 aliphatic rings. The molecule has 0 aliphatic heterocycles. The molecule has 1 atom stereocenters. The Morgan fingerprint density at radius 1 is 1.50 bits per heavy atom. The van der Waals surface area contributed by atoms with Gasteiger partial charge in [0.1, 0.15) is 0 Å². The van der Waals surface area contributed by atoms with Crippen LogP contribution < -0.4 is 0 Å². The molecule has 0 spiro atoms. The topological polar surface area (TPSA) is 49.8 Å². The Hall–Kier alpha value is -0.610. The van der Waals surface area contributed by atoms with Crippen molar-refractivity contribution in [1.29, 1.82) is 0 Å². The molecular formula is C10H21NO3. The summed E-state index contributed by atoms with van der Waals surface area (Å²) in [6, 6.07) is 0.436. The molecule has 1 unspecified atom stereocenters. The van der Waals surface area contributed by atoms with Crippen molar-refractivity contribution in [2.24, 2.45) is 0 Å². The molecule has 0 aromatic heterocycles. The minimum atomic E-state index is -0.871. The molecule has 0 saturated carbocycles. The van der Waals surface area contributed by atoms with Crippen molar-refractivity contribution in [3.8, 4) is 0 Å². The third-order valence-electron chi connectivity index (χ3n) is 2.27. The summed E-state index contributed by atoms with van der Waals surface area (Å²) in [5.41, 5.74) is 0. The Bertz CT molecular complexity index is 171. The largest absolute Gasteiger partial charge is 0.479 e. The van der Waals surface area contributed by atoms with Crippen molar-refractivity contribution < 1.29 is 14.6 Å². The van der Waals surface area contributed by atoms with Crippen LogP contribution in [0.25, 0.3) is 0 Å². The first-order chi connectivity index (χ1) is 6.49. The first-order valence-corrected chi connectivity index (χ1v) is 5.03. The van der Waals surface area contributed by atoms with Crippen molar-refractivity contribution in [3.05, 3.63) is 0 Å². The quantitative estimate of drug-likeness (QED) is 0.675. The minimum absolute atomic E-state index is 0.436. The zero-order valence-corrected chi connectivity index (χ0v) is 9.49. The number of ether oxygens (including phenoxy) is 1. The number of rotatable bonds is 7. The van der Waals surface area contributed by atoms with Gasteiger partial charge in [0.25, 0.3) is 0 Å². The molecule has 14 heavy (non-hydrogen) atoms. The van der Waals surface area contributed by atoms with Crippen molar-refractivity contribution in [1.82, 2.24) is 4.90 Å². The van der Waals surface area contributed by atoms with E-state index in [1.807, 2.05) is 14.0 Å². The lowest BCUT2D eigenvalue weighted by Crippen LogP contribution is -2.33. The van der Waals surface area contributed by atoms with Gasteiger partial charge < -0.3 is 14.7 Å². The third kappa shape index (κ3) is 5.19. The highest BCUT2D eigenvalue weighted by molar-refractivity contribution is 5.72. The molecular weight excluding hydrogens is 182 g/mol. The van der Waals surface area contributed by atoms with E-state index >= 15 is 0 Å². The Kier molecular flexibility index (Phi) is 6.49. The number of carboxylic acids is 1. The van der Waals surface area contributed by atoms with E-state index in [4.69, 9.17) is 9.84 Å². The molecule has 0 radical (unpaired) electrons. The number of carbonyl (C=O) groups is 1. The average Bonchev–Trinajstić information content (AvgIpc) is 2.10. The minimum Gasteiger partial charge on any atom is -0.479 e. The fourth-order valence-electron chi connectivity index (χ4n) is 1.06. The van der Waals surface area contributed by atoms with E-state index in [9.17, 15) is 4.79 Å². The van der Waals surface area contributed by atoms with Crippen molar-refractivity contribution in [2.75, 3.05) is 20.2 Å². The molecule has 84 valence electrons. The van der Waals surface area contributed by atoms with Crippen LogP contribution in [0.4, 0.5) is 0 Å². The van der Waals surface area contributed by atoms with E-state index in [0.717, 1.165) is 6.54 Å². The predicted molar refractivity (Wildman–Crippen MR) is 55.4 cm³/mol. The summed E-state index contributed by atoms with van der Waals surface area (Å²) in [5.74, 6) is -0.871. The summed E-state index contributed by atoms with van der Waals surface area (Å²) in [6.45, 7) is 7.16. The van der Waals surface area contributed by atoms with Crippen LogP contribution in [0.2, 0.25) is 0 Å². The molecule has 4 heteroatoms. The fourth-order valence-corrected chi connectivity index (χ4v) is 1.06. The second-order valence-corrected chi connectivity index (χ2v) is 3.65. The molecule has 0 heterocycles. The summed E-state index contributed by atoms with van der Waals surface area (Å²) < 4.78 is 5.11. The highest BCUT2D eigenvalue weighted by Crippen LogP contribution is 2.03. The van der Waals surface area contributed by atoms with Crippen LogP contribution >= 0.6 is 0 Å². The van der Waals surface area contributed by atoms with Crippen LogP contribution in [0.15, 0.2) is 0 Å². The van der Waals surface area contributed by atoms with Gasteiger partial charge in [-0.1, -0.05) is 0 Å². The normalized spacial score (nSPS) is 13.6. The number of aliphatic carboxylic acids is 1. The molecule has 0 aromatic rings. The Morgan fingerprint density at radius 2 is 2.07 bits per heavy atom. The van der Waals surface area contributed by atoms with Crippen LogP contribution in [0.1, 0.15) is 27.2 Å². The van der Waals surface area contributed by atoms with E-state index in [1.165, 1.54) is 0 Å². The van der Waals surface area contributed by atoms with E-state index in [0.29, 0.717) is 19.1 Å². The molecule has 1 N–H and O–H groups in total. The first kappa shape index (κ1) is 13.4. The summed E-state index contributed by atoms with van der Waals surface area (Å²) in [7, 11) is 1.98. The number of carboxylic acid groups (broad SMARTS) is 1. The number of hydrogen-bond acceptors (Lipinski definition) is 3. The molecule has 0 aliphatic carbocycles. The first-order valence-electron chi connectivity index (χ1n) is 5.03. The summed E-state index contributed by atoms with van der Waals surface area (Å²) in [6.07, 6.45) is -0.126. The van der Waals surface area contributed by atoms with Crippen LogP contribution in [-0.4, -0.2) is 48.3 Å². The second kappa shape index (κ2) is 6.79. The molecule has 4 nitrogen and oxygen atoms in total. The molecule has 0 bridgehead atoms. The molecule has 0 saturated heterocycles. The van der Waals surface area contributed by atoms with Crippen molar-refractivity contribution in [2.45, 2.75) is 39.3 Å². The maximum absolute atomic E-state index is 10.7. The van der Waals surface area contributed by atoms with Gasteiger partial charge in [0.2, 0.25) is 0 Å². The molecule has 0 amide bonds. The Morgan fingerprint density at radius 3 is 2.43 bits per heavy atom. The third-order valence-corrected chi connectivity index (χ3v) is 2.27. The molecule has 0 aromatic carbocycles. The van der Waals surface area contributed by atoms with Crippen LogP contribution in [0.5, 0.6) is 0 Å². The van der Waals surface area contributed by atoms with Gasteiger partial charge in [0.05, 0.1) is 0 Å². The van der Waals surface area contributed by atoms with Gasteiger partial charge >= 0.3 is 5.97 Å². The van der Waals surface area contributed by atoms with Crippen molar-refractivity contribution >= 4 is 5.97 Å². The smallest absolute Gasteiger partial charge is 0.332 e. The fraction of sp³-hybridized carbons (Fsp3) is 0.900. The summed E-state index contributed by atoms with van der Waals surface area (Å²) >= 11 is 0. The highest BCUT2D eigenvalue weighted by Gasteiger charge is 2.18. The lowest BCUT2D eigenvalue weighted by molar-refractivity contribution is -0.150. The zero-order chi connectivity index (χ0) is 11.1. The predicted octanol–water partition coefficient (Wildman–Crippen LogP) is 1.21. The number of nitrogens with zero attached hydrogens (tertiary/aromatic N) is 1. The Labute approximate surface area is 85.9 Å². The monoisotopic (exact) mass is 203 g/mol. The van der Waals surface area contributed by atoms with Gasteiger partial charge in [-0.3, -0.25) is 0 Å². The standard InChI is InChI=1S/C10H21NO3/c1-5-14-9(10(12)13)6-7-11(4)8(2)3/h8-9H,5-7H2,1-4H3,(H,12,13). The van der Waals surface area contributed by atoms with E-state index in [-0.39, 0.29) is 0 Å². The van der Waals surface area contributed by atoms with Crippen LogP contribution in [0.3, 0.4) is 0 Å². The van der Waals surface area contributed by atoms with E-state index in [1.54, 1.807) is 0 Å². The molecule has 0 rings (SSSR count). The van der Waals surface area contributed by atoms with Crippen LogP contribution in [-0.2, 0) is 9.53 Å². The SMILES string of the molecule is CCOC(CCN(C)C(C)C)C(=O)O. The number of hydrogen-bond donors (Lipinski definition) is 1. The van der Waals surface area contributed by atoms with Crippen LogP contribution in [0, 0.1) is 0 Å². The van der Waals surface area contributed by atoms with Gasteiger partial charge in [-0.25, -0.2) is 4.79 Å². The lowest BCUT2D eigenvalue weighted by atomic mass is 10.2. The van der Waals surface area contributed by atoms with Gasteiger partial charge in [0.15, 0.2) is 6.10 Å². The van der Waals surface area contributed by atoms with E-state index < -0.39 is 12.1 Å². The maximum atomic E-state index is 10.7. The highest BCUT2D eigenvalue weighted by atomic mass is 16.5. The Balaban J connectivity index is 3.87. The van der Waals surface area contributed by atoms with Crippen molar-refractivity contribution in [3.63, 3.8) is 0 Å². The summed E-state index contributed by atoms with van der Waals surface area (Å²) in [4.78, 5) is 12.8. The van der Waals surface area contributed by atoms with Gasteiger partial charge in [-0.05, 0) is 34.2 Å². The van der Waals surface area contributed by atoms with E-state index in [2.05, 4.69) is 18.7 Å². The average molecular weight is 203 g/mol. The maximum Gasteiger partial charge on any atom is 0.332 e. The van der Waals surface area contributed by atoms with Gasteiger partial charge in [-0.2, -0.15) is 0 Å². The molecule has 0 fully saturated rings. The van der Waals surface area contributed by atoms with Gasteiger partial charge in [-0.15, -0.1) is 0 Å². The summed E-state index contributed by atoms with van der Waals surface area (Å²) in [5, 5.41) is 8.81. The second-order valence-electron chi connectivity index (χ2n) is 3.65.